The highest BCUT2D eigenvalue weighted by Crippen LogP contribution is 1.89. The monoisotopic (exact) mass is 127 g/mol. The molecule has 2 N–H and O–H groups in total. The predicted molar refractivity (Wildman–Crippen MR) is 37.9 cm³/mol. The van der Waals surface area contributed by atoms with Crippen LogP contribution in [0.3, 0.4) is 0 Å². The van der Waals surface area contributed by atoms with E-state index >= 15 is 0 Å². The van der Waals surface area contributed by atoms with E-state index in [1.165, 1.54) is 0 Å². The average Bonchev–Trinajstić information content (AvgIpc) is 1.80. The van der Waals surface area contributed by atoms with Gasteiger partial charge in [0.2, 0.25) is 5.91 Å². The maximum absolute atomic E-state index is 10.1. The van der Waals surface area contributed by atoms with Gasteiger partial charge in [-0.15, -0.1) is 0 Å². The van der Waals surface area contributed by atoms with Crippen molar-refractivity contribution in [3.8, 4) is 0 Å². The lowest BCUT2D eigenvalue weighted by molar-refractivity contribution is -0.117. The number of hydrogen-bond donors (Lipinski definition) is 1. The van der Waals surface area contributed by atoms with E-state index < -0.39 is 0 Å². The summed E-state index contributed by atoms with van der Waals surface area (Å²) in [5.41, 5.74) is 4.88. The van der Waals surface area contributed by atoms with Crippen molar-refractivity contribution in [2.24, 2.45) is 5.73 Å². The minimum absolute atomic E-state index is 0.262. The molecule has 0 saturated carbocycles. The maximum atomic E-state index is 10.1. The lowest BCUT2D eigenvalue weighted by Gasteiger charge is -1.84. The number of allylic oxidation sites excluding steroid dienone is 1. The van der Waals surface area contributed by atoms with Crippen molar-refractivity contribution in [1.29, 1.82) is 0 Å². The third-order valence-electron chi connectivity index (χ3n) is 0.941. The van der Waals surface area contributed by atoms with Crippen LogP contribution in [0.2, 0.25) is 0 Å². The van der Waals surface area contributed by atoms with Crippen molar-refractivity contribution in [2.45, 2.75) is 26.2 Å². The second-order valence-electron chi connectivity index (χ2n) is 1.93. The zero-order valence-electron chi connectivity index (χ0n) is 5.76. The summed E-state index contributed by atoms with van der Waals surface area (Å²) in [7, 11) is 0. The van der Waals surface area contributed by atoms with Crippen molar-refractivity contribution in [1.82, 2.24) is 0 Å². The predicted octanol–water partition coefficient (Wildman–Crippen LogP) is 1.22. The Hall–Kier alpha value is -0.790. The minimum atomic E-state index is -0.262. The summed E-state index contributed by atoms with van der Waals surface area (Å²) >= 11 is 0. The lowest BCUT2D eigenvalue weighted by atomic mass is 10.3. The Morgan fingerprint density at radius 3 is 2.67 bits per heavy atom. The molecule has 0 aliphatic heterocycles. The first-order chi connectivity index (χ1) is 4.27. The van der Waals surface area contributed by atoms with Gasteiger partial charge in [-0.2, -0.15) is 0 Å². The van der Waals surface area contributed by atoms with Crippen molar-refractivity contribution in [3.05, 3.63) is 12.2 Å². The quantitative estimate of drug-likeness (QED) is 0.567. The molecule has 0 rings (SSSR count). The molecule has 0 aromatic carbocycles. The molecule has 0 aromatic heterocycles. The molecule has 0 fully saturated rings. The molecular weight excluding hydrogens is 114 g/mol. The van der Waals surface area contributed by atoms with Crippen LogP contribution in [0.25, 0.3) is 0 Å². The first-order valence-corrected chi connectivity index (χ1v) is 3.20. The number of primary amides is 1. The Kier molecular flexibility index (Phi) is 4.88. The summed E-state index contributed by atoms with van der Waals surface area (Å²) < 4.78 is 0. The Morgan fingerprint density at radius 2 is 2.22 bits per heavy atom. The summed E-state index contributed by atoms with van der Waals surface area (Å²) in [6.07, 6.45) is 6.32. The van der Waals surface area contributed by atoms with E-state index in [1.54, 1.807) is 0 Å². The van der Waals surface area contributed by atoms with Crippen LogP contribution >= 0.6 is 0 Å². The first kappa shape index (κ1) is 8.21. The fourth-order valence-corrected chi connectivity index (χ4v) is 0.484. The summed E-state index contributed by atoms with van der Waals surface area (Å²) in [6, 6.07) is 0. The van der Waals surface area contributed by atoms with Crippen LogP contribution < -0.4 is 5.73 Å². The highest BCUT2D eigenvalue weighted by Gasteiger charge is 1.84. The number of carbonyl (C=O) groups excluding carboxylic acids is 1. The van der Waals surface area contributed by atoms with Gasteiger partial charge in [0.25, 0.3) is 0 Å². The lowest BCUT2D eigenvalue weighted by Crippen LogP contribution is -2.07. The smallest absolute Gasteiger partial charge is 0.221 e. The molecule has 0 unspecified atom stereocenters. The molecule has 0 atom stereocenters. The van der Waals surface area contributed by atoms with E-state index in [-0.39, 0.29) is 5.91 Å². The molecule has 0 aromatic rings. The van der Waals surface area contributed by atoms with Crippen LogP contribution in [0.1, 0.15) is 26.2 Å². The van der Waals surface area contributed by atoms with E-state index in [1.807, 2.05) is 12.2 Å². The molecule has 2 nitrogen and oxygen atoms in total. The standard InChI is InChI=1S/C7H13NO/c1-2-3-4-5-6-7(8)9/h4-5H,2-3,6H2,1H3,(H2,8,9)/b5-4+. The van der Waals surface area contributed by atoms with Crippen LogP contribution in [-0.2, 0) is 4.79 Å². The number of hydrogen-bond acceptors (Lipinski definition) is 1. The topological polar surface area (TPSA) is 43.1 Å². The number of amides is 1. The SMILES string of the molecule is CCC/C=C/CC(N)=O. The van der Waals surface area contributed by atoms with Gasteiger partial charge >= 0.3 is 0 Å². The molecule has 1 amide bonds. The number of carbonyl (C=O) groups is 1. The van der Waals surface area contributed by atoms with E-state index in [0.717, 1.165) is 12.8 Å². The number of nitrogens with two attached hydrogens (primary N) is 1. The van der Waals surface area contributed by atoms with Crippen LogP contribution in [0.4, 0.5) is 0 Å². The highest BCUT2D eigenvalue weighted by atomic mass is 16.1. The van der Waals surface area contributed by atoms with Crippen LogP contribution in [0.15, 0.2) is 12.2 Å². The maximum Gasteiger partial charge on any atom is 0.221 e. The Morgan fingerprint density at radius 1 is 1.56 bits per heavy atom. The van der Waals surface area contributed by atoms with Gasteiger partial charge < -0.3 is 5.73 Å². The molecule has 0 aliphatic carbocycles. The van der Waals surface area contributed by atoms with Gasteiger partial charge in [0.1, 0.15) is 0 Å². The summed E-state index contributed by atoms with van der Waals surface area (Å²) in [5.74, 6) is -0.262. The van der Waals surface area contributed by atoms with E-state index in [2.05, 4.69) is 6.92 Å². The molecule has 0 bridgehead atoms. The van der Waals surface area contributed by atoms with Gasteiger partial charge in [-0.1, -0.05) is 25.5 Å². The Bertz CT molecular complexity index is 107. The number of rotatable bonds is 4. The molecule has 0 saturated heterocycles. The molecular formula is C7H13NO. The molecule has 0 aliphatic rings. The average molecular weight is 127 g/mol. The second-order valence-corrected chi connectivity index (χ2v) is 1.93. The van der Waals surface area contributed by atoms with Gasteiger partial charge in [0, 0.05) is 6.42 Å². The van der Waals surface area contributed by atoms with Crippen molar-refractivity contribution >= 4 is 5.91 Å². The zero-order valence-corrected chi connectivity index (χ0v) is 5.76. The normalized spacial score (nSPS) is 10.3. The third-order valence-corrected chi connectivity index (χ3v) is 0.941. The minimum Gasteiger partial charge on any atom is -0.369 e. The van der Waals surface area contributed by atoms with Crippen molar-refractivity contribution in [3.63, 3.8) is 0 Å². The summed E-state index contributed by atoms with van der Waals surface area (Å²) in [5, 5.41) is 0. The highest BCUT2D eigenvalue weighted by molar-refractivity contribution is 5.75. The fourth-order valence-electron chi connectivity index (χ4n) is 0.484. The largest absolute Gasteiger partial charge is 0.369 e. The Labute approximate surface area is 55.7 Å². The first-order valence-electron chi connectivity index (χ1n) is 3.20. The molecule has 0 spiro atoms. The molecule has 9 heavy (non-hydrogen) atoms. The fraction of sp³-hybridized carbons (Fsp3) is 0.571. The zero-order chi connectivity index (χ0) is 7.11. The van der Waals surface area contributed by atoms with Crippen LogP contribution in [0, 0.1) is 0 Å². The van der Waals surface area contributed by atoms with Gasteiger partial charge in [-0.05, 0) is 6.42 Å². The molecule has 2 heteroatoms. The van der Waals surface area contributed by atoms with Crippen LogP contribution in [-0.4, -0.2) is 5.91 Å². The van der Waals surface area contributed by atoms with Crippen molar-refractivity contribution < 1.29 is 4.79 Å². The van der Waals surface area contributed by atoms with Gasteiger partial charge in [-0.25, -0.2) is 0 Å². The van der Waals surface area contributed by atoms with Gasteiger partial charge in [0.05, 0.1) is 0 Å². The van der Waals surface area contributed by atoms with E-state index in [9.17, 15) is 4.79 Å². The van der Waals surface area contributed by atoms with Crippen LogP contribution in [0.5, 0.6) is 0 Å². The third kappa shape index (κ3) is 7.21. The van der Waals surface area contributed by atoms with Gasteiger partial charge in [0.15, 0.2) is 0 Å². The van der Waals surface area contributed by atoms with Gasteiger partial charge in [-0.3, -0.25) is 4.79 Å². The molecule has 0 heterocycles. The molecule has 0 radical (unpaired) electrons. The summed E-state index contributed by atoms with van der Waals surface area (Å²) in [6.45, 7) is 2.09. The Balaban J connectivity index is 3.14. The van der Waals surface area contributed by atoms with E-state index in [4.69, 9.17) is 5.73 Å². The second kappa shape index (κ2) is 5.35. The van der Waals surface area contributed by atoms with E-state index in [0.29, 0.717) is 6.42 Å². The molecule has 52 valence electrons. The number of unbranched alkanes of at least 4 members (excludes halogenated alkanes) is 1. The van der Waals surface area contributed by atoms with Crippen molar-refractivity contribution in [2.75, 3.05) is 0 Å². The summed E-state index contributed by atoms with van der Waals surface area (Å²) in [4.78, 5) is 10.1.